The van der Waals surface area contributed by atoms with Crippen LogP contribution >= 0.6 is 0 Å². The zero-order valence-electron chi connectivity index (χ0n) is 15.4. The molecule has 1 aromatic carbocycles. The van der Waals surface area contributed by atoms with Crippen LogP contribution in [0.2, 0.25) is 0 Å². The van der Waals surface area contributed by atoms with E-state index >= 15 is 0 Å². The lowest BCUT2D eigenvalue weighted by atomic mass is 10.0. The highest BCUT2D eigenvalue weighted by molar-refractivity contribution is 5.25. The molecule has 0 aromatic heterocycles. The van der Waals surface area contributed by atoms with E-state index in [4.69, 9.17) is 4.74 Å². The summed E-state index contributed by atoms with van der Waals surface area (Å²) in [6, 6.07) is 5.70. The Morgan fingerprint density at radius 3 is 2.33 bits per heavy atom. The molecule has 1 unspecified atom stereocenters. The molecule has 27 heavy (non-hydrogen) atoms. The van der Waals surface area contributed by atoms with E-state index < -0.39 is 11.7 Å². The van der Waals surface area contributed by atoms with E-state index in [2.05, 4.69) is 27.0 Å². The first-order valence-corrected chi connectivity index (χ1v) is 9.38. The van der Waals surface area contributed by atoms with Crippen LogP contribution in [0.4, 0.5) is 13.2 Å². The van der Waals surface area contributed by atoms with Crippen LogP contribution in [0.5, 0.6) is 0 Å². The molecule has 3 rings (SSSR count). The maximum Gasteiger partial charge on any atom is 0.416 e. The first-order valence-electron chi connectivity index (χ1n) is 9.38. The predicted molar refractivity (Wildman–Crippen MR) is 98.4 cm³/mol. The van der Waals surface area contributed by atoms with Gasteiger partial charge in [-0.1, -0.05) is 24.0 Å². The van der Waals surface area contributed by atoms with E-state index in [0.29, 0.717) is 0 Å². The first-order chi connectivity index (χ1) is 13.0. The van der Waals surface area contributed by atoms with Gasteiger partial charge in [-0.05, 0) is 24.1 Å². The van der Waals surface area contributed by atoms with E-state index in [9.17, 15) is 13.2 Å². The van der Waals surface area contributed by atoms with Crippen LogP contribution in [-0.4, -0.2) is 74.9 Å². The third kappa shape index (κ3) is 6.51. The molecule has 0 saturated carbocycles. The SMILES string of the molecule is FC(F)(F)c1ccc(CC2CN(CC#CCN3CCOCC3)CCN2)cc1. The molecule has 2 aliphatic rings. The number of rotatable bonds is 4. The van der Waals surface area contributed by atoms with Gasteiger partial charge in [-0.3, -0.25) is 9.80 Å². The van der Waals surface area contributed by atoms with Crippen molar-refractivity contribution < 1.29 is 17.9 Å². The van der Waals surface area contributed by atoms with Gasteiger partial charge in [0.2, 0.25) is 0 Å². The number of alkyl halides is 3. The average Bonchev–Trinajstić information content (AvgIpc) is 2.66. The summed E-state index contributed by atoms with van der Waals surface area (Å²) < 4.78 is 43.3. The molecule has 2 fully saturated rings. The second-order valence-electron chi connectivity index (χ2n) is 7.03. The lowest BCUT2D eigenvalue weighted by molar-refractivity contribution is -0.137. The van der Waals surface area contributed by atoms with Crippen molar-refractivity contribution in [2.24, 2.45) is 0 Å². The van der Waals surface area contributed by atoms with E-state index in [0.717, 1.165) is 83.1 Å². The molecule has 7 heteroatoms. The highest BCUT2D eigenvalue weighted by atomic mass is 19.4. The van der Waals surface area contributed by atoms with Crippen LogP contribution in [0.15, 0.2) is 24.3 Å². The fraction of sp³-hybridized carbons (Fsp3) is 0.600. The maximum absolute atomic E-state index is 12.7. The van der Waals surface area contributed by atoms with Crippen LogP contribution in [0, 0.1) is 11.8 Å². The smallest absolute Gasteiger partial charge is 0.379 e. The van der Waals surface area contributed by atoms with Crippen LogP contribution < -0.4 is 5.32 Å². The number of halogens is 3. The molecule has 2 aliphatic heterocycles. The predicted octanol–water partition coefficient (Wildman–Crippen LogP) is 1.86. The third-order valence-electron chi connectivity index (χ3n) is 4.94. The normalized spacial score (nSPS) is 22.3. The molecule has 148 valence electrons. The van der Waals surface area contributed by atoms with E-state index in [1.165, 1.54) is 0 Å². The summed E-state index contributed by atoms with van der Waals surface area (Å²) in [5.41, 5.74) is 0.320. The van der Waals surface area contributed by atoms with Gasteiger partial charge < -0.3 is 10.1 Å². The minimum atomic E-state index is -4.28. The summed E-state index contributed by atoms with van der Waals surface area (Å²) in [5.74, 6) is 6.49. The van der Waals surface area contributed by atoms with Crippen molar-refractivity contribution in [1.82, 2.24) is 15.1 Å². The van der Waals surface area contributed by atoms with Crippen molar-refractivity contribution >= 4 is 0 Å². The molecule has 0 radical (unpaired) electrons. The third-order valence-corrected chi connectivity index (χ3v) is 4.94. The highest BCUT2D eigenvalue weighted by Gasteiger charge is 2.30. The zero-order chi connectivity index (χ0) is 19.1. The molecule has 2 heterocycles. The number of piperazine rings is 1. The average molecular weight is 381 g/mol. The lowest BCUT2D eigenvalue weighted by Crippen LogP contribution is -2.51. The number of nitrogens with zero attached hydrogens (tertiary/aromatic N) is 2. The van der Waals surface area contributed by atoms with Crippen molar-refractivity contribution in [2.45, 2.75) is 18.6 Å². The number of ether oxygens (including phenoxy) is 1. The Morgan fingerprint density at radius 2 is 1.67 bits per heavy atom. The number of hydrogen-bond donors (Lipinski definition) is 1. The summed E-state index contributed by atoms with van der Waals surface area (Å²) >= 11 is 0. The second kappa shape index (κ2) is 9.56. The quantitative estimate of drug-likeness (QED) is 0.806. The number of morpholine rings is 1. The Morgan fingerprint density at radius 1 is 1.00 bits per heavy atom. The Labute approximate surface area is 158 Å². The summed E-state index contributed by atoms with van der Waals surface area (Å²) in [6.07, 6.45) is -3.56. The molecule has 4 nitrogen and oxygen atoms in total. The molecule has 1 N–H and O–H groups in total. The molecular weight excluding hydrogens is 355 g/mol. The minimum absolute atomic E-state index is 0.233. The largest absolute Gasteiger partial charge is 0.416 e. The van der Waals surface area contributed by atoms with Gasteiger partial charge in [-0.2, -0.15) is 13.2 Å². The molecule has 0 bridgehead atoms. The monoisotopic (exact) mass is 381 g/mol. The summed E-state index contributed by atoms with van der Waals surface area (Å²) in [5, 5.41) is 3.45. The number of benzene rings is 1. The van der Waals surface area contributed by atoms with Crippen molar-refractivity contribution in [3.05, 3.63) is 35.4 Å². The molecule has 0 spiro atoms. The Kier molecular flexibility index (Phi) is 7.13. The van der Waals surface area contributed by atoms with Gasteiger partial charge in [0.1, 0.15) is 0 Å². The second-order valence-corrected chi connectivity index (χ2v) is 7.03. The van der Waals surface area contributed by atoms with Crippen LogP contribution in [0.3, 0.4) is 0 Å². The van der Waals surface area contributed by atoms with E-state index in [1.807, 2.05) is 0 Å². The molecule has 1 aromatic rings. The van der Waals surface area contributed by atoms with Gasteiger partial charge in [0, 0.05) is 38.8 Å². The summed E-state index contributed by atoms with van der Waals surface area (Å²) in [6.45, 7) is 7.63. The fourth-order valence-corrected chi connectivity index (χ4v) is 3.38. The molecular formula is C20H26F3N3O. The summed E-state index contributed by atoms with van der Waals surface area (Å²) in [7, 11) is 0. The van der Waals surface area contributed by atoms with Crippen LogP contribution in [0.1, 0.15) is 11.1 Å². The fourth-order valence-electron chi connectivity index (χ4n) is 3.38. The maximum atomic E-state index is 12.7. The molecule has 0 aliphatic carbocycles. The van der Waals surface area contributed by atoms with Gasteiger partial charge in [0.05, 0.1) is 31.9 Å². The molecule has 2 saturated heterocycles. The van der Waals surface area contributed by atoms with Gasteiger partial charge in [-0.15, -0.1) is 0 Å². The Hall–Kier alpha value is -1.59. The lowest BCUT2D eigenvalue weighted by Gasteiger charge is -2.32. The number of nitrogens with one attached hydrogen (secondary N) is 1. The van der Waals surface area contributed by atoms with Gasteiger partial charge in [0.15, 0.2) is 0 Å². The van der Waals surface area contributed by atoms with Gasteiger partial charge in [0.25, 0.3) is 0 Å². The standard InChI is InChI=1S/C20H26F3N3O/c21-20(22,23)18-5-3-17(4-6-18)15-19-16-26(10-7-24-19)9-2-1-8-25-11-13-27-14-12-25/h3-6,19,24H,7-16H2. The van der Waals surface area contributed by atoms with Crippen molar-refractivity contribution in [3.8, 4) is 11.8 Å². The van der Waals surface area contributed by atoms with Crippen molar-refractivity contribution in [2.75, 3.05) is 59.0 Å². The van der Waals surface area contributed by atoms with Crippen molar-refractivity contribution in [3.63, 3.8) is 0 Å². The first kappa shape index (κ1) is 20.2. The van der Waals surface area contributed by atoms with E-state index in [1.54, 1.807) is 12.1 Å². The van der Waals surface area contributed by atoms with Crippen LogP contribution in [-0.2, 0) is 17.3 Å². The number of hydrogen-bond acceptors (Lipinski definition) is 4. The van der Waals surface area contributed by atoms with Crippen molar-refractivity contribution in [1.29, 1.82) is 0 Å². The highest BCUT2D eigenvalue weighted by Crippen LogP contribution is 2.29. The van der Waals surface area contributed by atoms with Crippen LogP contribution in [0.25, 0.3) is 0 Å². The zero-order valence-corrected chi connectivity index (χ0v) is 15.4. The molecule has 1 atom stereocenters. The Balaban J connectivity index is 1.44. The van der Waals surface area contributed by atoms with Gasteiger partial charge >= 0.3 is 6.18 Å². The molecule has 0 amide bonds. The Bertz CT molecular complexity index is 645. The summed E-state index contributed by atoms with van der Waals surface area (Å²) in [4.78, 5) is 4.60. The topological polar surface area (TPSA) is 27.7 Å². The van der Waals surface area contributed by atoms with Gasteiger partial charge in [-0.25, -0.2) is 0 Å². The van der Waals surface area contributed by atoms with E-state index in [-0.39, 0.29) is 6.04 Å². The minimum Gasteiger partial charge on any atom is -0.379 e.